The minimum absolute atomic E-state index is 0.142. The summed E-state index contributed by atoms with van der Waals surface area (Å²) in [6, 6.07) is 7.58. The second kappa shape index (κ2) is 8.02. The summed E-state index contributed by atoms with van der Waals surface area (Å²) < 4.78 is 10.7. The van der Waals surface area contributed by atoms with Crippen LogP contribution in [-0.4, -0.2) is 42.4 Å². The number of benzene rings is 1. The standard InChI is InChI=1S/C18H24N4O3/c1-24-13-6-7-14(16(10-13)25-2)20-17-11-15(12-4-5-12)21-18(22-17)19-8-3-9-23/h6-7,10-12,23H,3-5,8-9H2,1-2H3,(H2,19,20,21,22). The third-order valence-electron chi connectivity index (χ3n) is 4.03. The van der Waals surface area contributed by atoms with Crippen molar-refractivity contribution in [3.63, 3.8) is 0 Å². The van der Waals surface area contributed by atoms with Gasteiger partial charge in [-0.25, -0.2) is 4.98 Å². The van der Waals surface area contributed by atoms with Crippen LogP contribution >= 0.6 is 0 Å². The highest BCUT2D eigenvalue weighted by atomic mass is 16.5. The number of hydrogen-bond donors (Lipinski definition) is 3. The molecule has 0 spiro atoms. The number of hydrogen-bond acceptors (Lipinski definition) is 7. The first-order valence-corrected chi connectivity index (χ1v) is 8.46. The Morgan fingerprint density at radius 3 is 2.68 bits per heavy atom. The molecule has 0 radical (unpaired) electrons. The van der Waals surface area contributed by atoms with Crippen LogP contribution in [0, 0.1) is 0 Å². The van der Waals surface area contributed by atoms with Gasteiger partial charge in [0.15, 0.2) is 0 Å². The topological polar surface area (TPSA) is 88.5 Å². The van der Waals surface area contributed by atoms with Crippen LogP contribution in [0.2, 0.25) is 0 Å². The van der Waals surface area contributed by atoms with Crippen LogP contribution in [0.5, 0.6) is 11.5 Å². The molecule has 0 amide bonds. The fraction of sp³-hybridized carbons (Fsp3) is 0.444. The van der Waals surface area contributed by atoms with Crippen molar-refractivity contribution in [2.75, 3.05) is 38.0 Å². The van der Waals surface area contributed by atoms with E-state index in [0.29, 0.717) is 36.4 Å². The van der Waals surface area contributed by atoms with Crippen molar-refractivity contribution in [3.8, 4) is 11.5 Å². The van der Waals surface area contributed by atoms with Gasteiger partial charge in [-0.1, -0.05) is 0 Å². The molecule has 0 bridgehead atoms. The first kappa shape index (κ1) is 17.3. The molecule has 0 saturated heterocycles. The number of nitrogens with zero attached hydrogens (tertiary/aromatic N) is 2. The zero-order chi connectivity index (χ0) is 17.6. The van der Waals surface area contributed by atoms with Gasteiger partial charge in [-0.2, -0.15) is 4.98 Å². The summed E-state index contributed by atoms with van der Waals surface area (Å²) in [7, 11) is 3.25. The molecular formula is C18H24N4O3. The first-order valence-electron chi connectivity index (χ1n) is 8.46. The van der Waals surface area contributed by atoms with Gasteiger partial charge in [-0.05, 0) is 31.4 Å². The quantitative estimate of drug-likeness (QED) is 0.603. The molecule has 1 aliphatic rings. The molecule has 1 saturated carbocycles. The molecule has 7 nitrogen and oxygen atoms in total. The summed E-state index contributed by atoms with van der Waals surface area (Å²) in [5, 5.41) is 15.4. The van der Waals surface area contributed by atoms with Crippen LogP contribution in [-0.2, 0) is 0 Å². The lowest BCUT2D eigenvalue weighted by Crippen LogP contribution is -2.09. The monoisotopic (exact) mass is 344 g/mol. The summed E-state index contributed by atoms with van der Waals surface area (Å²) in [4.78, 5) is 9.11. The van der Waals surface area contributed by atoms with Crippen LogP contribution in [0.3, 0.4) is 0 Å². The smallest absolute Gasteiger partial charge is 0.224 e. The van der Waals surface area contributed by atoms with Crippen molar-refractivity contribution >= 4 is 17.5 Å². The molecule has 1 aromatic heterocycles. The van der Waals surface area contributed by atoms with E-state index in [4.69, 9.17) is 14.6 Å². The molecule has 2 aromatic rings. The molecule has 3 N–H and O–H groups in total. The lowest BCUT2D eigenvalue weighted by Gasteiger charge is -2.14. The largest absolute Gasteiger partial charge is 0.497 e. The van der Waals surface area contributed by atoms with Crippen molar-refractivity contribution in [3.05, 3.63) is 30.0 Å². The van der Waals surface area contributed by atoms with Crippen molar-refractivity contribution in [1.82, 2.24) is 9.97 Å². The zero-order valence-electron chi connectivity index (χ0n) is 14.6. The summed E-state index contributed by atoms with van der Waals surface area (Å²) in [5.41, 5.74) is 1.85. The molecule has 1 fully saturated rings. The van der Waals surface area contributed by atoms with Crippen molar-refractivity contribution in [1.29, 1.82) is 0 Å². The predicted octanol–water partition coefficient (Wildman–Crippen LogP) is 2.91. The number of aliphatic hydroxyl groups is 1. The zero-order valence-corrected chi connectivity index (χ0v) is 14.6. The third-order valence-corrected chi connectivity index (χ3v) is 4.03. The molecule has 7 heteroatoms. The fourth-order valence-electron chi connectivity index (χ4n) is 2.52. The van der Waals surface area contributed by atoms with Gasteiger partial charge >= 0.3 is 0 Å². The highest BCUT2D eigenvalue weighted by Crippen LogP contribution is 2.40. The molecule has 134 valence electrons. The second-order valence-corrected chi connectivity index (χ2v) is 5.97. The van der Waals surface area contributed by atoms with Crippen molar-refractivity contribution < 1.29 is 14.6 Å². The molecule has 25 heavy (non-hydrogen) atoms. The minimum atomic E-state index is 0.142. The molecule has 1 aromatic carbocycles. The van der Waals surface area contributed by atoms with Crippen LogP contribution in [0.15, 0.2) is 24.3 Å². The summed E-state index contributed by atoms with van der Waals surface area (Å²) in [6.07, 6.45) is 2.99. The van der Waals surface area contributed by atoms with Gasteiger partial charge in [0.25, 0.3) is 0 Å². The lowest BCUT2D eigenvalue weighted by atomic mass is 10.2. The van der Waals surface area contributed by atoms with Gasteiger partial charge in [-0.3, -0.25) is 0 Å². The maximum absolute atomic E-state index is 8.93. The Morgan fingerprint density at radius 2 is 2.00 bits per heavy atom. The molecule has 3 rings (SSSR count). The Labute approximate surface area is 147 Å². The Hall–Kier alpha value is -2.54. The number of ether oxygens (including phenoxy) is 2. The highest BCUT2D eigenvalue weighted by molar-refractivity contribution is 5.66. The van der Waals surface area contributed by atoms with E-state index in [1.807, 2.05) is 24.3 Å². The number of aliphatic hydroxyl groups excluding tert-OH is 1. The average molecular weight is 344 g/mol. The van der Waals surface area contributed by atoms with Crippen LogP contribution in [0.4, 0.5) is 17.5 Å². The Bertz CT molecular complexity index is 719. The molecule has 1 aliphatic carbocycles. The lowest BCUT2D eigenvalue weighted by molar-refractivity contribution is 0.292. The highest BCUT2D eigenvalue weighted by Gasteiger charge is 2.26. The maximum Gasteiger partial charge on any atom is 0.224 e. The number of nitrogens with one attached hydrogen (secondary N) is 2. The first-order chi connectivity index (χ1) is 12.2. The normalized spacial score (nSPS) is 13.4. The summed E-state index contributed by atoms with van der Waals surface area (Å²) in [6.45, 7) is 0.777. The van der Waals surface area contributed by atoms with E-state index in [1.165, 1.54) is 12.8 Å². The van der Waals surface area contributed by atoms with Crippen LogP contribution in [0.25, 0.3) is 0 Å². The van der Waals surface area contributed by atoms with Gasteiger partial charge in [0.2, 0.25) is 5.95 Å². The van der Waals surface area contributed by atoms with Crippen LogP contribution in [0.1, 0.15) is 30.9 Å². The van der Waals surface area contributed by atoms with Crippen LogP contribution < -0.4 is 20.1 Å². The predicted molar refractivity (Wildman–Crippen MR) is 97.0 cm³/mol. The van der Waals surface area contributed by atoms with Gasteiger partial charge in [0.05, 0.1) is 25.6 Å². The minimum Gasteiger partial charge on any atom is -0.497 e. The van der Waals surface area contributed by atoms with Crippen molar-refractivity contribution in [2.45, 2.75) is 25.2 Å². The average Bonchev–Trinajstić information content (AvgIpc) is 3.47. The Kier molecular flexibility index (Phi) is 5.55. The molecule has 0 unspecified atom stereocenters. The summed E-state index contributed by atoms with van der Waals surface area (Å²) >= 11 is 0. The van der Waals surface area contributed by atoms with E-state index in [9.17, 15) is 0 Å². The number of rotatable bonds is 9. The van der Waals surface area contributed by atoms with E-state index in [1.54, 1.807) is 14.2 Å². The number of anilines is 3. The van der Waals surface area contributed by atoms with E-state index in [2.05, 4.69) is 20.6 Å². The molecule has 0 atom stereocenters. The van der Waals surface area contributed by atoms with E-state index < -0.39 is 0 Å². The van der Waals surface area contributed by atoms with Gasteiger partial charge in [0, 0.05) is 31.2 Å². The van der Waals surface area contributed by atoms with Gasteiger partial charge < -0.3 is 25.2 Å². The van der Waals surface area contributed by atoms with Gasteiger partial charge in [-0.15, -0.1) is 0 Å². The SMILES string of the molecule is COc1ccc(Nc2cc(C3CC3)nc(NCCCO)n2)c(OC)c1. The van der Waals surface area contributed by atoms with Gasteiger partial charge in [0.1, 0.15) is 17.3 Å². The van der Waals surface area contributed by atoms with E-state index in [-0.39, 0.29) is 6.61 Å². The third kappa shape index (κ3) is 4.51. The molecule has 0 aliphatic heterocycles. The fourth-order valence-corrected chi connectivity index (χ4v) is 2.52. The molecule has 1 heterocycles. The Balaban J connectivity index is 1.83. The van der Waals surface area contributed by atoms with E-state index in [0.717, 1.165) is 17.1 Å². The maximum atomic E-state index is 8.93. The number of aromatic nitrogens is 2. The van der Waals surface area contributed by atoms with Crippen molar-refractivity contribution in [2.24, 2.45) is 0 Å². The second-order valence-electron chi connectivity index (χ2n) is 5.97. The number of methoxy groups -OCH3 is 2. The summed E-state index contributed by atoms with van der Waals surface area (Å²) in [5.74, 6) is 3.22. The Morgan fingerprint density at radius 1 is 1.16 bits per heavy atom. The van der Waals surface area contributed by atoms with E-state index >= 15 is 0 Å². The molecular weight excluding hydrogens is 320 g/mol.